The molecule has 1 saturated heterocycles. The van der Waals surface area contributed by atoms with Crippen LogP contribution in [0.4, 0.5) is 10.5 Å². The van der Waals surface area contributed by atoms with E-state index in [1.54, 1.807) is 17.0 Å². The van der Waals surface area contributed by atoms with Crippen LogP contribution in [-0.4, -0.2) is 54.4 Å². The number of piperazine rings is 1. The summed E-state index contributed by atoms with van der Waals surface area (Å²) in [5, 5.41) is 3.81. The number of fused-ring (bicyclic) bond motifs is 1. The second kappa shape index (κ2) is 7.77. The van der Waals surface area contributed by atoms with Crippen LogP contribution in [0.5, 0.6) is 0 Å². The second-order valence-electron chi connectivity index (χ2n) is 7.84. The number of aromatic nitrogens is 1. The van der Waals surface area contributed by atoms with Gasteiger partial charge in [0.25, 0.3) is 0 Å². The molecule has 4 rings (SSSR count). The molecule has 1 aliphatic rings. The minimum absolute atomic E-state index is 0.206. The van der Waals surface area contributed by atoms with Crippen LogP contribution in [0.15, 0.2) is 53.6 Å². The van der Waals surface area contributed by atoms with E-state index in [1.165, 1.54) is 4.31 Å². The Balaban J connectivity index is 1.43. The topological polar surface area (TPSA) is 74.7 Å². The summed E-state index contributed by atoms with van der Waals surface area (Å²) < 4.78 is 29.6. The number of urea groups is 1. The normalized spacial score (nSPS) is 15.5. The summed E-state index contributed by atoms with van der Waals surface area (Å²) in [4.78, 5) is 14.6. The smallest absolute Gasteiger partial charge is 0.321 e. The molecule has 0 atom stereocenters. The molecule has 1 aromatic heterocycles. The van der Waals surface area contributed by atoms with E-state index in [0.29, 0.717) is 13.1 Å². The van der Waals surface area contributed by atoms with Crippen molar-refractivity contribution in [1.82, 2.24) is 13.8 Å². The lowest BCUT2D eigenvalue weighted by Crippen LogP contribution is -2.51. The molecule has 2 heterocycles. The standard InChI is InChI=1S/C22H26N4O3S/c1-16-12-17(2)14-19(13-16)23-22(27)25-8-10-26(11-9-25)30(28,29)20-4-5-21-18(15-20)6-7-24(21)3/h4-7,12-15H,8-11H2,1-3H3,(H,23,27). The van der Waals surface area contributed by atoms with Gasteiger partial charge in [-0.1, -0.05) is 6.07 Å². The van der Waals surface area contributed by atoms with Crippen LogP contribution in [0.25, 0.3) is 10.9 Å². The predicted octanol–water partition coefficient (Wildman–Crippen LogP) is 3.33. The lowest BCUT2D eigenvalue weighted by molar-refractivity contribution is 0.184. The average molecular weight is 427 g/mol. The van der Waals surface area contributed by atoms with Gasteiger partial charge in [-0.25, -0.2) is 13.2 Å². The van der Waals surface area contributed by atoms with Crippen LogP contribution in [0.3, 0.4) is 0 Å². The molecule has 0 radical (unpaired) electrons. The van der Waals surface area contributed by atoms with Gasteiger partial charge >= 0.3 is 6.03 Å². The Morgan fingerprint density at radius 2 is 1.60 bits per heavy atom. The summed E-state index contributed by atoms with van der Waals surface area (Å²) >= 11 is 0. The van der Waals surface area contributed by atoms with E-state index in [4.69, 9.17) is 0 Å². The molecule has 1 fully saturated rings. The van der Waals surface area contributed by atoms with Gasteiger partial charge in [-0.2, -0.15) is 4.31 Å². The fourth-order valence-corrected chi connectivity index (χ4v) is 5.41. The lowest BCUT2D eigenvalue weighted by Gasteiger charge is -2.34. The SMILES string of the molecule is Cc1cc(C)cc(NC(=O)N2CCN(S(=O)(=O)c3ccc4c(ccn4C)c3)CC2)c1. The molecule has 0 saturated carbocycles. The van der Waals surface area contributed by atoms with Crippen LogP contribution in [0.2, 0.25) is 0 Å². The van der Waals surface area contributed by atoms with Gasteiger partial charge in [0.1, 0.15) is 0 Å². The number of carbonyl (C=O) groups excluding carboxylic acids is 1. The molecule has 7 nitrogen and oxygen atoms in total. The van der Waals surface area contributed by atoms with Gasteiger partial charge in [-0.3, -0.25) is 0 Å². The summed E-state index contributed by atoms with van der Waals surface area (Å²) in [6, 6.07) is 12.8. The van der Waals surface area contributed by atoms with Gasteiger partial charge in [0, 0.05) is 56.0 Å². The number of benzene rings is 2. The highest BCUT2D eigenvalue weighted by atomic mass is 32.2. The number of carbonyl (C=O) groups is 1. The molecule has 0 aliphatic carbocycles. The van der Waals surface area contributed by atoms with Crippen molar-refractivity contribution in [2.24, 2.45) is 7.05 Å². The Labute approximate surface area is 176 Å². The largest absolute Gasteiger partial charge is 0.351 e. The van der Waals surface area contributed by atoms with Crippen LogP contribution in [0, 0.1) is 13.8 Å². The average Bonchev–Trinajstić information content (AvgIpc) is 3.07. The Kier molecular flexibility index (Phi) is 5.29. The predicted molar refractivity (Wildman–Crippen MR) is 118 cm³/mol. The van der Waals surface area contributed by atoms with E-state index in [1.807, 2.05) is 62.0 Å². The molecule has 158 valence electrons. The first-order valence-corrected chi connectivity index (χ1v) is 11.4. The molecular formula is C22H26N4O3S. The number of aryl methyl sites for hydroxylation is 3. The number of nitrogens with zero attached hydrogens (tertiary/aromatic N) is 3. The monoisotopic (exact) mass is 426 g/mol. The number of anilines is 1. The Morgan fingerprint density at radius 1 is 0.933 bits per heavy atom. The molecule has 1 aliphatic heterocycles. The van der Waals surface area contributed by atoms with Gasteiger partial charge in [-0.15, -0.1) is 0 Å². The number of hydrogen-bond acceptors (Lipinski definition) is 3. The van der Waals surface area contributed by atoms with Gasteiger partial charge in [0.2, 0.25) is 10.0 Å². The molecule has 2 amide bonds. The third-order valence-electron chi connectivity index (χ3n) is 5.49. The van der Waals surface area contributed by atoms with Crippen molar-refractivity contribution in [3.8, 4) is 0 Å². The first-order chi connectivity index (χ1) is 14.2. The zero-order valence-electron chi connectivity index (χ0n) is 17.4. The van der Waals surface area contributed by atoms with E-state index >= 15 is 0 Å². The molecule has 3 aromatic rings. The Hall–Kier alpha value is -2.84. The highest BCUT2D eigenvalue weighted by molar-refractivity contribution is 7.89. The number of rotatable bonds is 3. The van der Waals surface area contributed by atoms with Crippen LogP contribution in [-0.2, 0) is 17.1 Å². The van der Waals surface area contributed by atoms with E-state index in [-0.39, 0.29) is 24.0 Å². The van der Waals surface area contributed by atoms with Crippen molar-refractivity contribution >= 4 is 32.6 Å². The Morgan fingerprint density at radius 3 is 2.27 bits per heavy atom. The van der Waals surface area contributed by atoms with Crippen molar-refractivity contribution in [2.45, 2.75) is 18.7 Å². The fraction of sp³-hybridized carbons (Fsp3) is 0.318. The van der Waals surface area contributed by atoms with Crippen molar-refractivity contribution in [3.05, 3.63) is 59.8 Å². The first kappa shape index (κ1) is 20.4. The Bertz CT molecular complexity index is 1190. The van der Waals surface area contributed by atoms with Gasteiger partial charge in [0.15, 0.2) is 0 Å². The highest BCUT2D eigenvalue weighted by Gasteiger charge is 2.30. The molecule has 0 unspecified atom stereocenters. The summed E-state index contributed by atoms with van der Waals surface area (Å²) in [5.74, 6) is 0. The minimum atomic E-state index is -3.60. The number of nitrogens with one attached hydrogen (secondary N) is 1. The van der Waals surface area contributed by atoms with Gasteiger partial charge in [0.05, 0.1) is 4.90 Å². The lowest BCUT2D eigenvalue weighted by atomic mass is 10.1. The van der Waals surface area contributed by atoms with Gasteiger partial charge in [-0.05, 0) is 61.4 Å². The third-order valence-corrected chi connectivity index (χ3v) is 7.39. The molecule has 0 bridgehead atoms. The second-order valence-corrected chi connectivity index (χ2v) is 9.78. The maximum Gasteiger partial charge on any atom is 0.321 e. The number of sulfonamides is 1. The molecular weight excluding hydrogens is 400 g/mol. The molecule has 0 spiro atoms. The summed E-state index contributed by atoms with van der Waals surface area (Å²) in [6.07, 6.45) is 1.91. The van der Waals surface area contributed by atoms with Gasteiger partial charge < -0.3 is 14.8 Å². The van der Waals surface area contributed by atoms with Crippen LogP contribution >= 0.6 is 0 Å². The molecule has 1 N–H and O–H groups in total. The maximum absolute atomic E-state index is 13.1. The van der Waals surface area contributed by atoms with Crippen LogP contribution < -0.4 is 5.32 Å². The number of amides is 2. The number of hydrogen-bond donors (Lipinski definition) is 1. The zero-order valence-corrected chi connectivity index (χ0v) is 18.2. The molecule has 8 heteroatoms. The minimum Gasteiger partial charge on any atom is -0.351 e. The third kappa shape index (κ3) is 3.93. The highest BCUT2D eigenvalue weighted by Crippen LogP contribution is 2.23. The van der Waals surface area contributed by atoms with Crippen molar-refractivity contribution < 1.29 is 13.2 Å². The fourth-order valence-electron chi connectivity index (χ4n) is 3.95. The quantitative estimate of drug-likeness (QED) is 0.698. The van der Waals surface area contributed by atoms with Crippen molar-refractivity contribution in [2.75, 3.05) is 31.5 Å². The first-order valence-electron chi connectivity index (χ1n) is 9.93. The van der Waals surface area contributed by atoms with E-state index in [9.17, 15) is 13.2 Å². The zero-order chi connectivity index (χ0) is 21.5. The maximum atomic E-state index is 13.1. The molecule has 2 aromatic carbocycles. The summed E-state index contributed by atoms with van der Waals surface area (Å²) in [5.41, 5.74) is 3.90. The van der Waals surface area contributed by atoms with E-state index in [2.05, 4.69) is 5.32 Å². The molecule has 30 heavy (non-hydrogen) atoms. The van der Waals surface area contributed by atoms with Crippen LogP contribution in [0.1, 0.15) is 11.1 Å². The van der Waals surface area contributed by atoms with Crippen molar-refractivity contribution in [1.29, 1.82) is 0 Å². The van der Waals surface area contributed by atoms with E-state index < -0.39 is 10.0 Å². The summed E-state index contributed by atoms with van der Waals surface area (Å²) in [6.45, 7) is 5.22. The summed E-state index contributed by atoms with van der Waals surface area (Å²) in [7, 11) is -1.67. The van der Waals surface area contributed by atoms with E-state index in [0.717, 1.165) is 27.7 Å². The van der Waals surface area contributed by atoms with Crippen molar-refractivity contribution in [3.63, 3.8) is 0 Å².